The van der Waals surface area contributed by atoms with Gasteiger partial charge in [0.15, 0.2) is 0 Å². The van der Waals surface area contributed by atoms with Gasteiger partial charge in [0.05, 0.1) is 18.1 Å². The molecule has 4 amide bonds. The molecule has 30 heavy (non-hydrogen) atoms. The highest BCUT2D eigenvalue weighted by atomic mass is 16.5. The number of amides is 4. The van der Waals surface area contributed by atoms with Gasteiger partial charge in [-0.3, -0.25) is 15.0 Å². The second-order valence-electron chi connectivity index (χ2n) is 6.70. The molecule has 0 unspecified atom stereocenters. The normalized spacial score (nSPS) is 13.6. The Morgan fingerprint density at radius 2 is 2.03 bits per heavy atom. The number of aromatic nitrogens is 4. The molecule has 1 aliphatic heterocycles. The van der Waals surface area contributed by atoms with Gasteiger partial charge in [-0.05, 0) is 25.1 Å². The number of carbonyl (C=O) groups is 2. The molecule has 3 aromatic rings. The molecule has 4 rings (SSSR count). The number of carbonyl (C=O) groups excluding carboxylic acids is 2. The van der Waals surface area contributed by atoms with Crippen LogP contribution in [0.2, 0.25) is 0 Å². The first kappa shape index (κ1) is 19.4. The Morgan fingerprint density at radius 3 is 2.70 bits per heavy atom. The van der Waals surface area contributed by atoms with Crippen LogP contribution in [0, 0.1) is 0 Å². The molecule has 1 fully saturated rings. The summed E-state index contributed by atoms with van der Waals surface area (Å²) in [5.74, 6) is 1.44. The Morgan fingerprint density at radius 1 is 1.17 bits per heavy atom. The molecule has 1 N–H and O–H groups in total. The predicted octanol–water partition coefficient (Wildman–Crippen LogP) is 2.96. The van der Waals surface area contributed by atoms with Gasteiger partial charge in [0.1, 0.15) is 17.3 Å². The maximum atomic E-state index is 12.3. The van der Waals surface area contributed by atoms with E-state index in [0.29, 0.717) is 37.0 Å². The number of hydrogen-bond acceptors (Lipinski definition) is 6. The average molecular weight is 407 g/mol. The second-order valence-corrected chi connectivity index (χ2v) is 6.70. The summed E-state index contributed by atoms with van der Waals surface area (Å²) in [6.45, 7) is 3.35. The Bertz CT molecular complexity index is 1060. The van der Waals surface area contributed by atoms with Crippen molar-refractivity contribution in [2.75, 3.05) is 25.0 Å². The number of ether oxygens (including phenoxy) is 1. The summed E-state index contributed by atoms with van der Waals surface area (Å²) in [4.78, 5) is 35.7. The van der Waals surface area contributed by atoms with E-state index in [1.807, 2.05) is 26.2 Å². The molecule has 0 atom stereocenters. The van der Waals surface area contributed by atoms with Crippen molar-refractivity contribution in [1.82, 2.24) is 29.5 Å². The van der Waals surface area contributed by atoms with Gasteiger partial charge in [0, 0.05) is 50.7 Å². The summed E-state index contributed by atoms with van der Waals surface area (Å²) < 4.78 is 7.54. The zero-order chi connectivity index (χ0) is 21.1. The molecule has 0 saturated carbocycles. The van der Waals surface area contributed by atoms with Crippen LogP contribution in [0.3, 0.4) is 0 Å². The number of nitrogens with one attached hydrogen (secondary N) is 1. The van der Waals surface area contributed by atoms with Crippen LogP contribution >= 0.6 is 0 Å². The molecule has 0 aliphatic carbocycles. The maximum Gasteiger partial charge on any atom is 0.331 e. The molecule has 1 aliphatic rings. The van der Waals surface area contributed by atoms with Gasteiger partial charge >= 0.3 is 12.1 Å². The fourth-order valence-corrected chi connectivity index (χ4v) is 3.08. The highest BCUT2D eigenvalue weighted by molar-refractivity contribution is 6.01. The minimum Gasteiger partial charge on any atom is -0.456 e. The van der Waals surface area contributed by atoms with Gasteiger partial charge in [0.25, 0.3) is 0 Å². The van der Waals surface area contributed by atoms with Crippen LogP contribution in [0.25, 0.3) is 11.3 Å². The molecule has 154 valence electrons. The van der Waals surface area contributed by atoms with Crippen LogP contribution in [0.15, 0.2) is 49.1 Å². The first-order valence-corrected chi connectivity index (χ1v) is 9.50. The van der Waals surface area contributed by atoms with E-state index in [-0.39, 0.29) is 6.03 Å². The van der Waals surface area contributed by atoms with Crippen molar-refractivity contribution < 1.29 is 14.3 Å². The highest BCUT2D eigenvalue weighted by Gasteiger charge is 2.32. The number of aryl methyl sites for hydroxylation is 1. The summed E-state index contributed by atoms with van der Waals surface area (Å²) >= 11 is 0. The van der Waals surface area contributed by atoms with Crippen LogP contribution in [0.5, 0.6) is 11.5 Å². The number of rotatable bonds is 5. The molecule has 1 saturated heterocycles. The number of hydrogen-bond donors (Lipinski definition) is 1. The highest BCUT2D eigenvalue weighted by Crippen LogP contribution is 2.25. The Hall–Kier alpha value is -3.95. The van der Waals surface area contributed by atoms with Gasteiger partial charge in [-0.1, -0.05) is 0 Å². The van der Waals surface area contributed by atoms with Crippen molar-refractivity contribution >= 4 is 17.9 Å². The fraction of sp³-hybridized carbons (Fsp3) is 0.250. The van der Waals surface area contributed by atoms with Crippen molar-refractivity contribution in [2.24, 2.45) is 7.05 Å². The second kappa shape index (κ2) is 8.19. The third-order valence-corrected chi connectivity index (χ3v) is 4.66. The lowest BCUT2D eigenvalue weighted by Crippen LogP contribution is -2.39. The van der Waals surface area contributed by atoms with Crippen molar-refractivity contribution in [2.45, 2.75) is 6.92 Å². The van der Waals surface area contributed by atoms with Crippen molar-refractivity contribution in [3.05, 3.63) is 49.1 Å². The summed E-state index contributed by atoms with van der Waals surface area (Å²) in [6, 6.07) is 6.08. The summed E-state index contributed by atoms with van der Waals surface area (Å²) in [5.41, 5.74) is 1.63. The third-order valence-electron chi connectivity index (χ3n) is 4.66. The minimum absolute atomic E-state index is 0.294. The molecule has 0 bridgehead atoms. The van der Waals surface area contributed by atoms with E-state index in [9.17, 15) is 9.59 Å². The smallest absolute Gasteiger partial charge is 0.331 e. The Balaban J connectivity index is 1.40. The third kappa shape index (κ3) is 4.07. The first-order chi connectivity index (χ1) is 14.5. The van der Waals surface area contributed by atoms with Crippen molar-refractivity contribution in [3.8, 4) is 22.8 Å². The van der Waals surface area contributed by atoms with Gasteiger partial charge in [-0.15, -0.1) is 0 Å². The average Bonchev–Trinajstić information content (AvgIpc) is 3.35. The molecule has 4 heterocycles. The van der Waals surface area contributed by atoms with Crippen molar-refractivity contribution in [3.63, 3.8) is 0 Å². The van der Waals surface area contributed by atoms with Gasteiger partial charge in [-0.2, -0.15) is 5.10 Å². The lowest BCUT2D eigenvalue weighted by Gasteiger charge is -2.16. The van der Waals surface area contributed by atoms with Crippen molar-refractivity contribution in [1.29, 1.82) is 0 Å². The number of pyridine rings is 2. The topological polar surface area (TPSA) is 105 Å². The molecule has 3 aromatic heterocycles. The van der Waals surface area contributed by atoms with E-state index in [4.69, 9.17) is 4.74 Å². The van der Waals surface area contributed by atoms with E-state index >= 15 is 0 Å². The lowest BCUT2D eigenvalue weighted by molar-refractivity contribution is 0.192. The SMILES string of the molecule is CCN1CCN(C(=O)Nc2ccc(Oc3ccnc(-c4cnn(C)c4)c3)cn2)C1=O. The molecular formula is C20H21N7O3. The minimum atomic E-state index is -0.493. The number of urea groups is 2. The van der Waals surface area contributed by atoms with Crippen LogP contribution in [-0.2, 0) is 7.05 Å². The van der Waals surface area contributed by atoms with E-state index < -0.39 is 6.03 Å². The lowest BCUT2D eigenvalue weighted by atomic mass is 10.2. The Kier molecular flexibility index (Phi) is 5.29. The van der Waals surface area contributed by atoms with E-state index in [1.165, 1.54) is 11.1 Å². The monoisotopic (exact) mass is 407 g/mol. The molecule has 10 heteroatoms. The zero-order valence-electron chi connectivity index (χ0n) is 16.6. The maximum absolute atomic E-state index is 12.3. The predicted molar refractivity (Wildman–Crippen MR) is 109 cm³/mol. The van der Waals surface area contributed by atoms with Gasteiger partial charge in [-0.25, -0.2) is 19.5 Å². The molecule has 0 spiro atoms. The number of likely N-dealkylation sites (N-methyl/N-ethyl adjacent to an activating group) is 1. The van der Waals surface area contributed by atoms with Gasteiger partial charge in [0.2, 0.25) is 0 Å². The first-order valence-electron chi connectivity index (χ1n) is 9.50. The number of imide groups is 1. The van der Waals surface area contributed by atoms with Crippen LogP contribution in [0.4, 0.5) is 15.4 Å². The number of anilines is 1. The Labute approximate surface area is 173 Å². The summed E-state index contributed by atoms with van der Waals surface area (Å²) in [6.07, 6.45) is 6.77. The molecule has 10 nitrogen and oxygen atoms in total. The van der Waals surface area contributed by atoms with Crippen LogP contribution in [0.1, 0.15) is 6.92 Å². The quantitative estimate of drug-likeness (QED) is 0.697. The molecule has 0 radical (unpaired) electrons. The van der Waals surface area contributed by atoms with E-state index in [2.05, 4.69) is 20.4 Å². The van der Waals surface area contributed by atoms with E-state index in [0.717, 1.165) is 11.3 Å². The zero-order valence-corrected chi connectivity index (χ0v) is 16.6. The largest absolute Gasteiger partial charge is 0.456 e. The fourth-order valence-electron chi connectivity index (χ4n) is 3.08. The van der Waals surface area contributed by atoms with E-state index in [1.54, 1.807) is 40.2 Å². The van der Waals surface area contributed by atoms with Crippen LogP contribution in [-0.4, -0.2) is 61.2 Å². The standard InChI is InChI=1S/C20H21N7O3/c1-3-26-8-9-27(20(26)29)19(28)24-18-5-4-16(12-22-18)30-15-6-7-21-17(10-15)14-11-23-25(2)13-14/h4-7,10-13H,3,8-9H2,1-2H3,(H,22,24,28). The summed E-state index contributed by atoms with van der Waals surface area (Å²) in [5, 5.41) is 6.78. The number of nitrogens with zero attached hydrogens (tertiary/aromatic N) is 6. The molecular weight excluding hydrogens is 386 g/mol. The van der Waals surface area contributed by atoms with Crippen LogP contribution < -0.4 is 10.1 Å². The van der Waals surface area contributed by atoms with Gasteiger partial charge < -0.3 is 9.64 Å². The molecule has 0 aromatic carbocycles. The summed E-state index contributed by atoms with van der Waals surface area (Å²) in [7, 11) is 1.84.